The quantitative estimate of drug-likeness (QED) is 0.725. The first kappa shape index (κ1) is 18.4. The standard InChI is InChI=1S/C23H32FN3O/c1-14-4-7-19(24)18-11-20(27-21(14)18)22(28)26-16-3-2-9-23(12-16)10-8-15-5-6-17(13-23)25-15/h4,7,15-17,20,25,27H,2-3,5-6,8-13H2,1H3,(H,26,28)/t15?,16?,17?,20?,23-/m1/s1. The maximum atomic E-state index is 14.1. The smallest absolute Gasteiger partial charge is 0.243 e. The Morgan fingerprint density at radius 2 is 2.00 bits per heavy atom. The third kappa shape index (κ3) is 3.32. The van der Waals surface area contributed by atoms with Crippen molar-refractivity contribution in [3.05, 3.63) is 29.1 Å². The average molecular weight is 386 g/mol. The molecule has 1 spiro atoms. The van der Waals surface area contributed by atoms with E-state index in [2.05, 4.69) is 16.0 Å². The van der Waals surface area contributed by atoms with Crippen LogP contribution >= 0.6 is 0 Å². The molecule has 3 N–H and O–H groups in total. The summed E-state index contributed by atoms with van der Waals surface area (Å²) in [6.07, 6.45) is 11.6. The van der Waals surface area contributed by atoms with Gasteiger partial charge in [-0.3, -0.25) is 4.79 Å². The van der Waals surface area contributed by atoms with E-state index < -0.39 is 0 Å². The number of hydrogen-bond donors (Lipinski definition) is 3. The van der Waals surface area contributed by atoms with Crippen molar-refractivity contribution in [3.8, 4) is 0 Å². The van der Waals surface area contributed by atoms with Crippen molar-refractivity contribution in [2.24, 2.45) is 5.41 Å². The van der Waals surface area contributed by atoms with Crippen LogP contribution in [0.1, 0.15) is 68.9 Å². The highest BCUT2D eigenvalue weighted by atomic mass is 19.1. The maximum absolute atomic E-state index is 14.1. The minimum Gasteiger partial charge on any atom is -0.373 e. The van der Waals surface area contributed by atoms with E-state index in [1.54, 1.807) is 6.07 Å². The maximum Gasteiger partial charge on any atom is 0.243 e. The van der Waals surface area contributed by atoms with E-state index in [1.165, 1.54) is 51.0 Å². The molecular weight excluding hydrogens is 353 g/mol. The number of halogens is 1. The van der Waals surface area contributed by atoms with Crippen molar-refractivity contribution in [2.75, 3.05) is 5.32 Å². The van der Waals surface area contributed by atoms with E-state index in [0.717, 1.165) is 30.1 Å². The number of amides is 1. The van der Waals surface area contributed by atoms with Gasteiger partial charge in [-0.05, 0) is 75.3 Å². The van der Waals surface area contributed by atoms with Crippen LogP contribution in [0.25, 0.3) is 0 Å². The molecule has 3 heterocycles. The number of aryl methyl sites for hydroxylation is 1. The van der Waals surface area contributed by atoms with E-state index >= 15 is 0 Å². The molecule has 4 unspecified atom stereocenters. The Bertz CT molecular complexity index is 750. The van der Waals surface area contributed by atoms with Gasteiger partial charge in [0.1, 0.15) is 11.9 Å². The number of fused-ring (bicyclic) bond motifs is 3. The Morgan fingerprint density at radius 1 is 1.14 bits per heavy atom. The van der Waals surface area contributed by atoms with E-state index in [9.17, 15) is 9.18 Å². The number of carbonyl (C=O) groups is 1. The minimum atomic E-state index is -0.352. The predicted octanol–water partition coefficient (Wildman–Crippen LogP) is 3.82. The molecule has 1 aromatic rings. The fraction of sp³-hybridized carbons (Fsp3) is 0.696. The number of anilines is 1. The van der Waals surface area contributed by atoms with Crippen LogP contribution in [-0.2, 0) is 11.2 Å². The van der Waals surface area contributed by atoms with Crippen molar-refractivity contribution < 1.29 is 9.18 Å². The Kier molecular flexibility index (Phi) is 4.61. The third-order valence-electron chi connectivity index (χ3n) is 7.83. The van der Waals surface area contributed by atoms with Gasteiger partial charge in [0.25, 0.3) is 0 Å². The lowest BCUT2D eigenvalue weighted by molar-refractivity contribution is -0.123. The molecule has 3 fully saturated rings. The van der Waals surface area contributed by atoms with Gasteiger partial charge in [-0.15, -0.1) is 0 Å². The summed E-state index contributed by atoms with van der Waals surface area (Å²) in [5.41, 5.74) is 2.87. The molecule has 2 bridgehead atoms. The summed E-state index contributed by atoms with van der Waals surface area (Å²) in [6, 6.07) is 4.59. The third-order valence-corrected chi connectivity index (χ3v) is 7.83. The molecule has 0 aromatic heterocycles. The van der Waals surface area contributed by atoms with Gasteiger partial charge in [0, 0.05) is 35.8 Å². The molecule has 5 rings (SSSR count). The van der Waals surface area contributed by atoms with Crippen LogP contribution in [0.5, 0.6) is 0 Å². The molecule has 4 aliphatic rings. The summed E-state index contributed by atoms with van der Waals surface area (Å²) < 4.78 is 14.1. The molecule has 3 aliphatic heterocycles. The van der Waals surface area contributed by atoms with Crippen molar-refractivity contribution in [3.63, 3.8) is 0 Å². The zero-order valence-electron chi connectivity index (χ0n) is 16.8. The van der Waals surface area contributed by atoms with Gasteiger partial charge < -0.3 is 16.0 Å². The molecular formula is C23H32FN3O. The summed E-state index contributed by atoms with van der Waals surface area (Å²) in [5.74, 6) is -0.175. The second-order valence-corrected chi connectivity index (χ2v) is 9.80. The lowest BCUT2D eigenvalue weighted by atomic mass is 9.65. The van der Waals surface area contributed by atoms with Crippen LogP contribution in [0.3, 0.4) is 0 Å². The predicted molar refractivity (Wildman–Crippen MR) is 109 cm³/mol. The van der Waals surface area contributed by atoms with Gasteiger partial charge in [0.05, 0.1) is 0 Å². The second kappa shape index (κ2) is 7.01. The van der Waals surface area contributed by atoms with Gasteiger partial charge in [0.2, 0.25) is 5.91 Å². The molecule has 0 radical (unpaired) electrons. The van der Waals surface area contributed by atoms with Crippen molar-refractivity contribution in [2.45, 2.75) is 95.3 Å². The van der Waals surface area contributed by atoms with Crippen molar-refractivity contribution in [1.29, 1.82) is 0 Å². The number of rotatable bonds is 2. The van der Waals surface area contributed by atoms with E-state index in [4.69, 9.17) is 0 Å². The molecule has 1 aromatic carbocycles. The molecule has 5 atom stereocenters. The summed E-state index contributed by atoms with van der Waals surface area (Å²) in [7, 11) is 0. The van der Waals surface area contributed by atoms with Crippen LogP contribution in [0, 0.1) is 18.2 Å². The lowest BCUT2D eigenvalue weighted by Crippen LogP contribution is -2.48. The molecule has 1 amide bonds. The van der Waals surface area contributed by atoms with Crippen LogP contribution in [0.4, 0.5) is 10.1 Å². The zero-order chi connectivity index (χ0) is 19.3. The van der Waals surface area contributed by atoms with Crippen LogP contribution in [-0.4, -0.2) is 30.1 Å². The van der Waals surface area contributed by atoms with Crippen molar-refractivity contribution >= 4 is 11.6 Å². The van der Waals surface area contributed by atoms with Gasteiger partial charge in [-0.2, -0.15) is 0 Å². The number of nitrogens with one attached hydrogen (secondary N) is 3. The molecule has 1 aliphatic carbocycles. The van der Waals surface area contributed by atoms with Crippen LogP contribution in [0.2, 0.25) is 0 Å². The van der Waals surface area contributed by atoms with E-state index in [0.29, 0.717) is 23.4 Å². The van der Waals surface area contributed by atoms with Gasteiger partial charge >= 0.3 is 0 Å². The summed E-state index contributed by atoms with van der Waals surface area (Å²) in [5, 5.41) is 10.4. The summed E-state index contributed by atoms with van der Waals surface area (Å²) in [6.45, 7) is 1.96. The fourth-order valence-electron chi connectivity index (χ4n) is 6.41. The second-order valence-electron chi connectivity index (χ2n) is 9.80. The SMILES string of the molecule is Cc1ccc(F)c2c1NC(C(=O)NC1CCC[C@@]3(CCC4CCC(C3)N4)C1)C2. The fourth-order valence-corrected chi connectivity index (χ4v) is 6.41. The van der Waals surface area contributed by atoms with E-state index in [-0.39, 0.29) is 23.8 Å². The highest BCUT2D eigenvalue weighted by molar-refractivity contribution is 5.88. The minimum absolute atomic E-state index is 0.0327. The first-order valence-electron chi connectivity index (χ1n) is 11.1. The average Bonchev–Trinajstić information content (AvgIpc) is 3.27. The molecule has 28 heavy (non-hydrogen) atoms. The molecule has 4 nitrogen and oxygen atoms in total. The monoisotopic (exact) mass is 385 g/mol. The highest BCUT2D eigenvalue weighted by Crippen LogP contribution is 2.48. The topological polar surface area (TPSA) is 53.2 Å². The van der Waals surface area contributed by atoms with Gasteiger partial charge in [0.15, 0.2) is 0 Å². The zero-order valence-corrected chi connectivity index (χ0v) is 16.8. The lowest BCUT2D eigenvalue weighted by Gasteiger charge is -2.42. The number of hydrogen-bond acceptors (Lipinski definition) is 3. The van der Waals surface area contributed by atoms with E-state index in [1.807, 2.05) is 6.92 Å². The first-order chi connectivity index (χ1) is 13.5. The Hall–Kier alpha value is -1.62. The molecule has 152 valence electrons. The normalized spacial score (nSPS) is 36.6. The van der Waals surface area contributed by atoms with Gasteiger partial charge in [-0.25, -0.2) is 4.39 Å². The first-order valence-corrected chi connectivity index (χ1v) is 11.1. The Morgan fingerprint density at radius 3 is 2.86 bits per heavy atom. The number of benzene rings is 1. The molecule has 2 saturated heterocycles. The summed E-state index contributed by atoms with van der Waals surface area (Å²) >= 11 is 0. The molecule has 1 saturated carbocycles. The van der Waals surface area contributed by atoms with Crippen LogP contribution in [0.15, 0.2) is 12.1 Å². The largest absolute Gasteiger partial charge is 0.373 e. The summed E-state index contributed by atoms with van der Waals surface area (Å²) in [4.78, 5) is 13.0. The highest BCUT2D eigenvalue weighted by Gasteiger charge is 2.43. The van der Waals surface area contributed by atoms with Crippen molar-refractivity contribution in [1.82, 2.24) is 10.6 Å². The Labute approximate surface area is 167 Å². The Balaban J connectivity index is 1.23. The van der Waals surface area contributed by atoms with Gasteiger partial charge in [-0.1, -0.05) is 12.5 Å². The van der Waals surface area contributed by atoms with Crippen LogP contribution < -0.4 is 16.0 Å². The number of carbonyl (C=O) groups excluding carboxylic acids is 1. The molecule has 5 heteroatoms.